The zero-order chi connectivity index (χ0) is 13.9. The molecule has 1 aromatic rings. The number of halogens is 3. The smallest absolute Gasteiger partial charge is 0.273 e. The molecule has 1 heterocycles. The van der Waals surface area contributed by atoms with E-state index in [0.29, 0.717) is 6.07 Å². The Balaban J connectivity index is 3.08. The number of anilines is 1. The third-order valence-electron chi connectivity index (χ3n) is 1.52. The van der Waals surface area contributed by atoms with Gasteiger partial charge in [0.15, 0.2) is 0 Å². The van der Waals surface area contributed by atoms with Crippen LogP contribution in [0.2, 0.25) is 0 Å². The SMILES string of the molecule is Cc1cc(C(F)(F)F)nc(NC(=O)N=S(=O)=O)n1. The van der Waals surface area contributed by atoms with Gasteiger partial charge >= 0.3 is 22.7 Å². The van der Waals surface area contributed by atoms with Crippen LogP contribution in [0, 0.1) is 6.92 Å². The molecule has 1 N–H and O–H groups in total. The zero-order valence-electron chi connectivity index (χ0n) is 8.69. The lowest BCUT2D eigenvalue weighted by molar-refractivity contribution is -0.141. The summed E-state index contributed by atoms with van der Waals surface area (Å²) in [5.74, 6) is -0.679. The number of carbonyl (C=O) groups is 1. The Kier molecular flexibility index (Phi) is 3.96. The molecule has 1 aromatic heterocycles. The number of rotatable bonds is 1. The fourth-order valence-corrected chi connectivity index (χ4v) is 1.14. The predicted octanol–water partition coefficient (Wildman–Crippen LogP) is 1.40. The fourth-order valence-electron chi connectivity index (χ4n) is 0.956. The number of hydrogen-bond acceptors (Lipinski definition) is 5. The van der Waals surface area contributed by atoms with Gasteiger partial charge < -0.3 is 0 Å². The lowest BCUT2D eigenvalue weighted by Gasteiger charge is -2.08. The van der Waals surface area contributed by atoms with Crippen molar-refractivity contribution in [2.45, 2.75) is 13.1 Å². The van der Waals surface area contributed by atoms with Gasteiger partial charge in [-0.15, -0.1) is 0 Å². The molecule has 11 heteroatoms. The van der Waals surface area contributed by atoms with E-state index in [2.05, 4.69) is 14.3 Å². The molecule has 0 unspecified atom stereocenters. The normalized spacial score (nSPS) is 10.9. The molecule has 1 rings (SSSR count). The molecule has 0 bridgehead atoms. The third-order valence-corrected chi connectivity index (χ3v) is 1.84. The van der Waals surface area contributed by atoms with Gasteiger partial charge in [-0.3, -0.25) is 5.32 Å². The number of carbonyl (C=O) groups excluding carboxylic acids is 1. The molecule has 18 heavy (non-hydrogen) atoms. The minimum absolute atomic E-state index is 0.0455. The minimum Gasteiger partial charge on any atom is -0.273 e. The fraction of sp³-hybridized carbons (Fsp3) is 0.286. The maximum atomic E-state index is 12.4. The molecule has 7 nitrogen and oxygen atoms in total. The van der Waals surface area contributed by atoms with Crippen molar-refractivity contribution in [3.05, 3.63) is 17.5 Å². The van der Waals surface area contributed by atoms with E-state index in [1.165, 1.54) is 6.92 Å². The Hall–Kier alpha value is -2.04. The summed E-state index contributed by atoms with van der Waals surface area (Å²) >= 11 is 0. The average molecular weight is 282 g/mol. The van der Waals surface area contributed by atoms with Crippen molar-refractivity contribution in [2.75, 3.05) is 5.32 Å². The van der Waals surface area contributed by atoms with Crippen LogP contribution in [0.3, 0.4) is 0 Å². The molecule has 0 saturated heterocycles. The summed E-state index contributed by atoms with van der Waals surface area (Å²) in [5.41, 5.74) is -1.30. The van der Waals surface area contributed by atoms with Crippen LogP contribution in [-0.2, 0) is 16.7 Å². The molecule has 0 aliphatic rings. The molecule has 0 aliphatic heterocycles. The van der Waals surface area contributed by atoms with Crippen molar-refractivity contribution in [3.8, 4) is 0 Å². The highest BCUT2D eigenvalue weighted by molar-refractivity contribution is 7.62. The van der Waals surface area contributed by atoms with Crippen LogP contribution < -0.4 is 5.32 Å². The number of alkyl halides is 3. The van der Waals surface area contributed by atoms with Crippen LogP contribution in [0.5, 0.6) is 0 Å². The molecule has 2 amide bonds. The summed E-state index contributed by atoms with van der Waals surface area (Å²) in [5, 5.41) is 1.71. The van der Waals surface area contributed by atoms with Gasteiger partial charge in [0.2, 0.25) is 5.95 Å². The topological polar surface area (TPSA) is 101 Å². The van der Waals surface area contributed by atoms with Crippen molar-refractivity contribution in [1.82, 2.24) is 9.97 Å². The second-order valence-electron chi connectivity index (χ2n) is 2.95. The van der Waals surface area contributed by atoms with E-state index in [-0.39, 0.29) is 5.69 Å². The summed E-state index contributed by atoms with van der Waals surface area (Å²) < 4.78 is 59.7. The Morgan fingerprint density at radius 2 is 2.00 bits per heavy atom. The van der Waals surface area contributed by atoms with Crippen molar-refractivity contribution in [2.24, 2.45) is 4.36 Å². The van der Waals surface area contributed by atoms with E-state index in [1.807, 2.05) is 0 Å². The Morgan fingerprint density at radius 1 is 1.39 bits per heavy atom. The number of amides is 2. The van der Waals surface area contributed by atoms with Crippen LogP contribution in [-0.4, -0.2) is 24.4 Å². The summed E-state index contributed by atoms with van der Waals surface area (Å²) in [4.78, 5) is 17.4. The van der Waals surface area contributed by atoms with Crippen LogP contribution in [0.25, 0.3) is 0 Å². The monoisotopic (exact) mass is 282 g/mol. The van der Waals surface area contributed by atoms with Crippen LogP contribution >= 0.6 is 0 Å². The highest BCUT2D eigenvalue weighted by atomic mass is 32.2. The Labute approximate surface area is 99.8 Å². The van der Waals surface area contributed by atoms with E-state index >= 15 is 0 Å². The summed E-state index contributed by atoms with van der Waals surface area (Å²) in [6, 6.07) is -0.708. The zero-order valence-corrected chi connectivity index (χ0v) is 9.50. The van der Waals surface area contributed by atoms with E-state index in [4.69, 9.17) is 0 Å². The van der Waals surface area contributed by atoms with E-state index in [0.717, 1.165) is 0 Å². The van der Waals surface area contributed by atoms with Gasteiger partial charge in [0.05, 0.1) is 0 Å². The van der Waals surface area contributed by atoms with E-state index in [9.17, 15) is 26.4 Å². The van der Waals surface area contributed by atoms with Crippen molar-refractivity contribution in [1.29, 1.82) is 0 Å². The molecule has 0 radical (unpaired) electrons. The lowest BCUT2D eigenvalue weighted by Crippen LogP contribution is -2.15. The predicted molar refractivity (Wildman–Crippen MR) is 52.1 cm³/mol. The Morgan fingerprint density at radius 3 is 2.50 bits per heavy atom. The number of nitrogens with one attached hydrogen (secondary N) is 1. The van der Waals surface area contributed by atoms with Crippen molar-refractivity contribution < 1.29 is 26.4 Å². The summed E-state index contributed by atoms with van der Waals surface area (Å²) in [6.45, 7) is 1.26. The van der Waals surface area contributed by atoms with Gasteiger partial charge in [0.1, 0.15) is 5.69 Å². The second-order valence-corrected chi connectivity index (χ2v) is 3.57. The lowest BCUT2D eigenvalue weighted by atomic mass is 10.3. The standard InChI is InChI=1S/C7H5F3N4O3S/c1-3-2-4(7(8,9)10)12-5(11-3)13-6(15)14-18(16)17/h2H,1H3,(H,11,12,13,15). The van der Waals surface area contributed by atoms with Gasteiger partial charge in [0.25, 0.3) is 0 Å². The number of aryl methyl sites for hydroxylation is 1. The first-order chi connectivity index (χ1) is 8.18. The molecule has 0 fully saturated rings. The quantitative estimate of drug-likeness (QED) is 0.838. The molecule has 0 atom stereocenters. The molecule has 98 valence electrons. The van der Waals surface area contributed by atoms with Gasteiger partial charge in [-0.2, -0.15) is 21.6 Å². The molecule has 0 saturated carbocycles. The van der Waals surface area contributed by atoms with Gasteiger partial charge in [-0.25, -0.2) is 14.8 Å². The molecule has 0 aromatic carbocycles. The maximum absolute atomic E-state index is 12.4. The highest BCUT2D eigenvalue weighted by Gasteiger charge is 2.33. The molecular weight excluding hydrogens is 277 g/mol. The Bertz CT molecular complexity index is 603. The third kappa shape index (κ3) is 4.08. The number of nitrogens with zero attached hydrogens (tertiary/aromatic N) is 3. The maximum Gasteiger partial charge on any atom is 0.433 e. The first-order valence-electron chi connectivity index (χ1n) is 4.23. The first kappa shape index (κ1) is 14.0. The first-order valence-corrected chi connectivity index (χ1v) is 5.26. The molecule has 0 spiro atoms. The number of urea groups is 1. The molecular formula is C7H5F3N4O3S. The van der Waals surface area contributed by atoms with Gasteiger partial charge in [-0.1, -0.05) is 4.36 Å². The number of aromatic nitrogens is 2. The average Bonchev–Trinajstić information content (AvgIpc) is 2.13. The van der Waals surface area contributed by atoms with Crippen LogP contribution in [0.4, 0.5) is 23.9 Å². The largest absolute Gasteiger partial charge is 0.433 e. The van der Waals surface area contributed by atoms with Crippen molar-refractivity contribution in [3.63, 3.8) is 0 Å². The summed E-state index contributed by atoms with van der Waals surface area (Å²) in [6.07, 6.45) is -4.70. The second kappa shape index (κ2) is 5.08. The number of hydrogen-bond donors (Lipinski definition) is 1. The van der Waals surface area contributed by atoms with E-state index in [1.54, 1.807) is 5.32 Å². The van der Waals surface area contributed by atoms with Crippen molar-refractivity contribution >= 4 is 22.5 Å². The van der Waals surface area contributed by atoms with E-state index < -0.39 is 34.4 Å². The van der Waals surface area contributed by atoms with Crippen LogP contribution in [0.15, 0.2) is 10.4 Å². The highest BCUT2D eigenvalue weighted by Crippen LogP contribution is 2.28. The minimum atomic E-state index is -4.70. The summed E-state index contributed by atoms with van der Waals surface area (Å²) in [7, 11) is -3.01. The van der Waals surface area contributed by atoms with Gasteiger partial charge in [-0.05, 0) is 13.0 Å². The van der Waals surface area contributed by atoms with Crippen LogP contribution in [0.1, 0.15) is 11.4 Å². The van der Waals surface area contributed by atoms with Gasteiger partial charge in [0, 0.05) is 5.69 Å². The molecule has 0 aliphatic carbocycles.